The van der Waals surface area contributed by atoms with Crippen LogP contribution in [0.2, 0.25) is 0 Å². The van der Waals surface area contributed by atoms with E-state index >= 15 is 0 Å². The van der Waals surface area contributed by atoms with Gasteiger partial charge in [-0.15, -0.1) is 10.2 Å². The average molecular weight is 428 g/mol. The maximum atomic E-state index is 5.13. The van der Waals surface area contributed by atoms with Crippen LogP contribution in [0.4, 0.5) is 5.82 Å². The highest BCUT2D eigenvalue weighted by molar-refractivity contribution is 5.64. The van der Waals surface area contributed by atoms with Crippen molar-refractivity contribution < 1.29 is 0 Å². The fourth-order valence-corrected chi connectivity index (χ4v) is 5.15. The van der Waals surface area contributed by atoms with Gasteiger partial charge in [0.2, 0.25) is 5.95 Å². The number of imidazole rings is 1. The average Bonchev–Trinajstić information content (AvgIpc) is 3.60. The molecule has 32 heavy (non-hydrogen) atoms. The number of hydrogen-bond acceptors (Lipinski definition) is 7. The van der Waals surface area contributed by atoms with Crippen molar-refractivity contribution in [2.24, 2.45) is 0 Å². The van der Waals surface area contributed by atoms with Crippen molar-refractivity contribution in [3.8, 4) is 23.0 Å². The molecule has 6 rings (SSSR count). The minimum atomic E-state index is 0.150. The Balaban J connectivity index is 1.53. The Kier molecular flexibility index (Phi) is 4.48. The molecule has 5 heterocycles. The van der Waals surface area contributed by atoms with Gasteiger partial charge >= 0.3 is 0 Å². The van der Waals surface area contributed by atoms with Crippen molar-refractivity contribution in [3.05, 3.63) is 54.8 Å². The Bertz CT molecular complexity index is 1250. The number of pyridine rings is 1. The fraction of sp³-hybridized carbons (Fsp3) is 0.391. The van der Waals surface area contributed by atoms with Crippen LogP contribution in [0.1, 0.15) is 56.7 Å². The minimum Gasteiger partial charge on any atom is -0.341 e. The molecular weight excluding hydrogens is 402 g/mol. The highest BCUT2D eigenvalue weighted by Crippen LogP contribution is 2.43. The lowest BCUT2D eigenvalue weighted by molar-refractivity contribution is 0.467. The molecule has 0 N–H and O–H groups in total. The molecule has 0 amide bonds. The van der Waals surface area contributed by atoms with Gasteiger partial charge in [-0.1, -0.05) is 19.8 Å². The summed E-state index contributed by atoms with van der Waals surface area (Å²) in [6.07, 6.45) is 14.9. The summed E-state index contributed by atoms with van der Waals surface area (Å²) in [5.74, 6) is 4.21. The summed E-state index contributed by atoms with van der Waals surface area (Å²) in [7, 11) is 0. The van der Waals surface area contributed by atoms with E-state index in [9.17, 15) is 0 Å². The predicted molar refractivity (Wildman–Crippen MR) is 120 cm³/mol. The Morgan fingerprint density at radius 3 is 2.62 bits per heavy atom. The molecule has 9 heteroatoms. The molecule has 9 nitrogen and oxygen atoms in total. The Labute approximate surface area is 186 Å². The van der Waals surface area contributed by atoms with E-state index in [-0.39, 0.29) is 6.04 Å². The summed E-state index contributed by atoms with van der Waals surface area (Å²) in [5.41, 5.74) is 1.93. The third-order valence-electron chi connectivity index (χ3n) is 6.61. The molecule has 1 atom stereocenters. The molecule has 0 radical (unpaired) electrons. The standard InChI is InChI=1S/C23H25N9/c1-3-18-22-29-28-15(2)31(22)19-14-26-23(27-21(19)32(18)17-6-4-5-7-17)30-13-12-25-20(30)16-8-10-24-11-9-16/h8-14,17-18H,3-7H2,1-2H3/t18-/m1/s1. The first kappa shape index (κ1) is 19.1. The van der Waals surface area contributed by atoms with Crippen molar-refractivity contribution in [1.82, 2.24) is 39.3 Å². The van der Waals surface area contributed by atoms with Gasteiger partial charge in [0, 0.05) is 36.4 Å². The number of fused-ring (bicyclic) bond motifs is 3. The summed E-state index contributed by atoms with van der Waals surface area (Å²) < 4.78 is 4.06. The molecule has 0 bridgehead atoms. The zero-order valence-corrected chi connectivity index (χ0v) is 18.3. The molecule has 4 aromatic heterocycles. The first-order chi connectivity index (χ1) is 15.8. The lowest BCUT2D eigenvalue weighted by Gasteiger charge is -2.41. The normalized spacial score (nSPS) is 18.1. The number of nitrogens with zero attached hydrogens (tertiary/aromatic N) is 9. The van der Waals surface area contributed by atoms with Crippen molar-refractivity contribution in [2.45, 2.75) is 58.0 Å². The molecule has 1 aliphatic carbocycles. The van der Waals surface area contributed by atoms with Crippen LogP contribution >= 0.6 is 0 Å². The van der Waals surface area contributed by atoms with E-state index in [4.69, 9.17) is 9.97 Å². The molecule has 0 aromatic carbocycles. The molecular formula is C23H25N9. The third kappa shape index (κ3) is 2.84. The van der Waals surface area contributed by atoms with Gasteiger partial charge in [0.05, 0.1) is 12.2 Å². The molecule has 1 aliphatic heterocycles. The SMILES string of the molecule is CC[C@@H]1c2nnc(C)n2-c2cnc(-n3ccnc3-c3ccncc3)nc2N1C1CCCC1. The number of anilines is 1. The molecule has 0 saturated heterocycles. The van der Waals surface area contributed by atoms with E-state index < -0.39 is 0 Å². The van der Waals surface area contributed by atoms with E-state index in [2.05, 4.69) is 36.6 Å². The Morgan fingerprint density at radius 2 is 1.84 bits per heavy atom. The molecule has 0 unspecified atom stereocenters. The number of aromatic nitrogens is 8. The number of hydrogen-bond donors (Lipinski definition) is 0. The summed E-state index contributed by atoms with van der Waals surface area (Å²) >= 11 is 0. The summed E-state index contributed by atoms with van der Waals surface area (Å²) in [4.78, 5) is 21.0. The van der Waals surface area contributed by atoms with Crippen LogP contribution in [0.15, 0.2) is 43.1 Å². The van der Waals surface area contributed by atoms with Gasteiger partial charge in [0.25, 0.3) is 0 Å². The van der Waals surface area contributed by atoms with Gasteiger partial charge in [-0.05, 0) is 38.3 Å². The van der Waals surface area contributed by atoms with Crippen molar-refractivity contribution in [3.63, 3.8) is 0 Å². The van der Waals surface area contributed by atoms with Crippen LogP contribution < -0.4 is 4.90 Å². The van der Waals surface area contributed by atoms with E-state index in [0.29, 0.717) is 12.0 Å². The molecule has 1 saturated carbocycles. The second kappa shape index (κ2) is 7.51. The molecule has 1 fully saturated rings. The van der Waals surface area contributed by atoms with Crippen molar-refractivity contribution >= 4 is 5.82 Å². The number of aryl methyl sites for hydroxylation is 1. The summed E-state index contributed by atoms with van der Waals surface area (Å²) in [5, 5.41) is 8.94. The van der Waals surface area contributed by atoms with Gasteiger partial charge in [-0.2, -0.15) is 4.98 Å². The second-order valence-corrected chi connectivity index (χ2v) is 8.45. The van der Waals surface area contributed by atoms with Crippen LogP contribution in [0.5, 0.6) is 0 Å². The van der Waals surface area contributed by atoms with Crippen LogP contribution in [-0.2, 0) is 0 Å². The lowest BCUT2D eigenvalue weighted by Crippen LogP contribution is -2.42. The molecule has 0 spiro atoms. The second-order valence-electron chi connectivity index (χ2n) is 8.45. The van der Waals surface area contributed by atoms with Gasteiger partial charge in [-0.3, -0.25) is 14.1 Å². The first-order valence-electron chi connectivity index (χ1n) is 11.3. The van der Waals surface area contributed by atoms with Crippen molar-refractivity contribution in [1.29, 1.82) is 0 Å². The monoisotopic (exact) mass is 427 g/mol. The summed E-state index contributed by atoms with van der Waals surface area (Å²) in [6.45, 7) is 4.20. The van der Waals surface area contributed by atoms with E-state index in [0.717, 1.165) is 41.0 Å². The summed E-state index contributed by atoms with van der Waals surface area (Å²) in [6, 6.07) is 4.50. The van der Waals surface area contributed by atoms with E-state index in [1.54, 1.807) is 18.6 Å². The molecule has 2 aliphatic rings. The van der Waals surface area contributed by atoms with Gasteiger partial charge in [0.1, 0.15) is 17.3 Å². The third-order valence-corrected chi connectivity index (χ3v) is 6.61. The Morgan fingerprint density at radius 1 is 1.03 bits per heavy atom. The minimum absolute atomic E-state index is 0.150. The van der Waals surface area contributed by atoms with Crippen LogP contribution in [-0.4, -0.2) is 45.3 Å². The maximum Gasteiger partial charge on any atom is 0.237 e. The highest BCUT2D eigenvalue weighted by atomic mass is 15.4. The number of rotatable bonds is 4. The quantitative estimate of drug-likeness (QED) is 0.489. The van der Waals surface area contributed by atoms with E-state index in [1.807, 2.05) is 36.0 Å². The van der Waals surface area contributed by atoms with E-state index in [1.165, 1.54) is 25.7 Å². The van der Waals surface area contributed by atoms with Crippen LogP contribution in [0.3, 0.4) is 0 Å². The van der Waals surface area contributed by atoms with Crippen molar-refractivity contribution in [2.75, 3.05) is 4.90 Å². The van der Waals surface area contributed by atoms with Gasteiger partial charge in [0.15, 0.2) is 11.6 Å². The first-order valence-corrected chi connectivity index (χ1v) is 11.3. The molecule has 162 valence electrons. The van der Waals surface area contributed by atoms with Crippen LogP contribution in [0, 0.1) is 6.92 Å². The van der Waals surface area contributed by atoms with Gasteiger partial charge in [-0.25, -0.2) is 9.97 Å². The van der Waals surface area contributed by atoms with Gasteiger partial charge < -0.3 is 4.90 Å². The Hall–Kier alpha value is -3.62. The largest absolute Gasteiger partial charge is 0.341 e. The lowest BCUT2D eigenvalue weighted by atomic mass is 10.0. The zero-order valence-electron chi connectivity index (χ0n) is 18.3. The fourth-order valence-electron chi connectivity index (χ4n) is 5.15. The molecule has 4 aromatic rings. The maximum absolute atomic E-state index is 5.13. The highest BCUT2D eigenvalue weighted by Gasteiger charge is 2.39. The topological polar surface area (TPSA) is 90.4 Å². The smallest absolute Gasteiger partial charge is 0.237 e. The predicted octanol–water partition coefficient (Wildman–Crippen LogP) is 3.83. The zero-order chi connectivity index (χ0) is 21.7. The van der Waals surface area contributed by atoms with Crippen LogP contribution in [0.25, 0.3) is 23.0 Å².